The predicted molar refractivity (Wildman–Crippen MR) is 68.2 cm³/mol. The monoisotopic (exact) mass is 263 g/mol. The van der Waals surface area contributed by atoms with E-state index in [1.165, 1.54) is 6.92 Å². The van der Waals surface area contributed by atoms with Crippen molar-refractivity contribution in [3.05, 3.63) is 35.9 Å². The summed E-state index contributed by atoms with van der Waals surface area (Å²) >= 11 is 0. The fraction of sp³-hybridized carbons (Fsp3) is 0.429. The number of benzene rings is 1. The van der Waals surface area contributed by atoms with Crippen LogP contribution < -0.4 is 0 Å². The normalized spacial score (nSPS) is 22.3. The first kappa shape index (κ1) is 13.5. The molecule has 1 amide bonds. The van der Waals surface area contributed by atoms with E-state index in [-0.39, 0.29) is 12.4 Å². The van der Waals surface area contributed by atoms with Gasteiger partial charge in [-0.25, -0.2) is 4.79 Å². The number of aliphatic hydroxyl groups is 1. The average Bonchev–Trinajstić information content (AvgIpc) is 2.79. The smallest absolute Gasteiger partial charge is 0.412 e. The number of Topliss-reactive ketones (excluding diaryl/α,β-unsaturated/α-hetero) is 1. The van der Waals surface area contributed by atoms with Crippen LogP contribution in [0.5, 0.6) is 0 Å². The highest BCUT2D eigenvalue weighted by Gasteiger charge is 2.39. The lowest BCUT2D eigenvalue weighted by atomic mass is 10.1. The Balaban J connectivity index is 1.97. The molecule has 0 saturated carbocycles. The maximum atomic E-state index is 11.9. The third kappa shape index (κ3) is 3.12. The highest BCUT2D eigenvalue weighted by molar-refractivity contribution is 5.86. The van der Waals surface area contributed by atoms with E-state index in [9.17, 15) is 14.7 Å². The summed E-state index contributed by atoms with van der Waals surface area (Å²) in [5, 5.41) is 9.75. The Bertz CT molecular complexity index is 460. The van der Waals surface area contributed by atoms with Crippen LogP contribution >= 0.6 is 0 Å². The molecule has 1 aliphatic heterocycles. The van der Waals surface area contributed by atoms with Crippen molar-refractivity contribution in [2.45, 2.75) is 38.6 Å². The molecule has 1 aromatic carbocycles. The van der Waals surface area contributed by atoms with Gasteiger partial charge in [0.25, 0.3) is 0 Å². The lowest BCUT2D eigenvalue weighted by Gasteiger charge is -2.25. The second-order valence-corrected chi connectivity index (χ2v) is 4.63. The van der Waals surface area contributed by atoms with Gasteiger partial charge in [0.15, 0.2) is 5.78 Å². The van der Waals surface area contributed by atoms with E-state index >= 15 is 0 Å². The summed E-state index contributed by atoms with van der Waals surface area (Å²) in [6.45, 7) is 1.55. The van der Waals surface area contributed by atoms with E-state index in [1.54, 1.807) is 0 Å². The van der Waals surface area contributed by atoms with Gasteiger partial charge in [-0.1, -0.05) is 30.3 Å². The van der Waals surface area contributed by atoms with Crippen molar-refractivity contribution in [3.8, 4) is 0 Å². The average molecular weight is 263 g/mol. The van der Waals surface area contributed by atoms with Gasteiger partial charge in [0.05, 0.1) is 6.04 Å². The molecule has 102 valence electrons. The van der Waals surface area contributed by atoms with Gasteiger partial charge in [0, 0.05) is 0 Å². The van der Waals surface area contributed by atoms with Crippen molar-refractivity contribution >= 4 is 11.9 Å². The molecule has 2 atom stereocenters. The molecular formula is C14H17NO4. The van der Waals surface area contributed by atoms with E-state index in [1.807, 2.05) is 30.3 Å². The lowest BCUT2D eigenvalue weighted by Crippen LogP contribution is -2.44. The van der Waals surface area contributed by atoms with Gasteiger partial charge in [-0.3, -0.25) is 9.69 Å². The van der Waals surface area contributed by atoms with Crippen LogP contribution in [0.15, 0.2) is 30.3 Å². The zero-order valence-corrected chi connectivity index (χ0v) is 10.8. The minimum Gasteiger partial charge on any atom is -0.444 e. The number of hydrogen-bond acceptors (Lipinski definition) is 4. The standard InChI is InChI=1S/C14H17NO4/c1-10(16)12-7-8-13(17)15(12)14(18)19-9-11-5-3-2-4-6-11/h2-6,12-13,17H,7-9H2,1H3. The molecule has 0 aromatic heterocycles. The molecule has 2 rings (SSSR count). The molecule has 5 heteroatoms. The van der Waals surface area contributed by atoms with Crippen LogP contribution in [0.1, 0.15) is 25.3 Å². The fourth-order valence-corrected chi connectivity index (χ4v) is 2.23. The first-order valence-corrected chi connectivity index (χ1v) is 6.27. The number of likely N-dealkylation sites (tertiary alicyclic amines) is 1. The predicted octanol–water partition coefficient (Wildman–Crippen LogP) is 1.70. The SMILES string of the molecule is CC(=O)C1CCC(O)N1C(=O)OCc1ccccc1. The summed E-state index contributed by atoms with van der Waals surface area (Å²) in [4.78, 5) is 24.5. The van der Waals surface area contributed by atoms with Crippen LogP contribution in [-0.4, -0.2) is 34.2 Å². The van der Waals surface area contributed by atoms with Crippen LogP contribution in [0, 0.1) is 0 Å². The van der Waals surface area contributed by atoms with Crippen molar-refractivity contribution < 1.29 is 19.4 Å². The number of hydrogen-bond donors (Lipinski definition) is 1. The van der Waals surface area contributed by atoms with Crippen molar-refractivity contribution in [2.24, 2.45) is 0 Å². The number of rotatable bonds is 3. The molecule has 1 saturated heterocycles. The van der Waals surface area contributed by atoms with Gasteiger partial charge in [0.1, 0.15) is 12.8 Å². The van der Waals surface area contributed by atoms with Crippen molar-refractivity contribution in [1.82, 2.24) is 4.90 Å². The fourth-order valence-electron chi connectivity index (χ4n) is 2.23. The van der Waals surface area contributed by atoms with E-state index < -0.39 is 18.4 Å². The molecule has 0 spiro atoms. The van der Waals surface area contributed by atoms with E-state index in [2.05, 4.69) is 0 Å². The zero-order valence-electron chi connectivity index (χ0n) is 10.8. The molecule has 5 nitrogen and oxygen atoms in total. The van der Waals surface area contributed by atoms with E-state index in [4.69, 9.17) is 4.74 Å². The van der Waals surface area contributed by atoms with Crippen LogP contribution in [-0.2, 0) is 16.1 Å². The Morgan fingerprint density at radius 3 is 2.63 bits per heavy atom. The van der Waals surface area contributed by atoms with Gasteiger partial charge in [0.2, 0.25) is 0 Å². The Morgan fingerprint density at radius 2 is 2.00 bits per heavy atom. The number of ketones is 1. The van der Waals surface area contributed by atoms with E-state index in [0.717, 1.165) is 10.5 Å². The van der Waals surface area contributed by atoms with Gasteiger partial charge in [-0.2, -0.15) is 0 Å². The molecule has 1 N–H and O–H groups in total. The first-order chi connectivity index (χ1) is 9.09. The molecule has 1 aliphatic rings. The number of carbonyl (C=O) groups excluding carboxylic acids is 2. The molecule has 0 radical (unpaired) electrons. The second-order valence-electron chi connectivity index (χ2n) is 4.63. The molecule has 0 bridgehead atoms. The van der Waals surface area contributed by atoms with Crippen molar-refractivity contribution in [2.75, 3.05) is 0 Å². The summed E-state index contributed by atoms with van der Waals surface area (Å²) in [6, 6.07) is 8.70. The summed E-state index contributed by atoms with van der Waals surface area (Å²) in [7, 11) is 0. The Hall–Kier alpha value is -1.88. The van der Waals surface area contributed by atoms with Crippen LogP contribution in [0.4, 0.5) is 4.79 Å². The topological polar surface area (TPSA) is 66.8 Å². The summed E-state index contributed by atoms with van der Waals surface area (Å²) in [5.41, 5.74) is 0.865. The molecule has 1 fully saturated rings. The number of nitrogens with zero attached hydrogens (tertiary/aromatic N) is 1. The van der Waals surface area contributed by atoms with Gasteiger partial charge >= 0.3 is 6.09 Å². The number of ether oxygens (including phenoxy) is 1. The molecular weight excluding hydrogens is 246 g/mol. The molecule has 2 unspecified atom stereocenters. The minimum absolute atomic E-state index is 0.131. The second kappa shape index (κ2) is 5.84. The highest BCUT2D eigenvalue weighted by atomic mass is 16.6. The summed E-state index contributed by atoms with van der Waals surface area (Å²) in [5.74, 6) is -0.131. The minimum atomic E-state index is -0.933. The van der Waals surface area contributed by atoms with Crippen molar-refractivity contribution in [1.29, 1.82) is 0 Å². The summed E-state index contributed by atoms with van der Waals surface area (Å²) < 4.78 is 5.14. The molecule has 1 aromatic rings. The summed E-state index contributed by atoms with van der Waals surface area (Å²) in [6.07, 6.45) is -0.687. The third-order valence-electron chi connectivity index (χ3n) is 3.24. The van der Waals surface area contributed by atoms with Gasteiger partial charge < -0.3 is 9.84 Å². The first-order valence-electron chi connectivity index (χ1n) is 6.27. The van der Waals surface area contributed by atoms with Gasteiger partial charge in [-0.05, 0) is 25.3 Å². The maximum Gasteiger partial charge on any atom is 0.412 e. The zero-order chi connectivity index (χ0) is 13.8. The largest absolute Gasteiger partial charge is 0.444 e. The Labute approximate surface area is 111 Å². The molecule has 1 heterocycles. The third-order valence-corrected chi connectivity index (χ3v) is 3.24. The number of amides is 1. The highest BCUT2D eigenvalue weighted by Crippen LogP contribution is 2.24. The lowest BCUT2D eigenvalue weighted by molar-refractivity contribution is -0.122. The van der Waals surface area contributed by atoms with Crippen LogP contribution in [0.3, 0.4) is 0 Å². The van der Waals surface area contributed by atoms with Crippen LogP contribution in [0.25, 0.3) is 0 Å². The maximum absolute atomic E-state index is 11.9. The number of carbonyl (C=O) groups is 2. The van der Waals surface area contributed by atoms with Crippen molar-refractivity contribution in [3.63, 3.8) is 0 Å². The van der Waals surface area contributed by atoms with E-state index in [0.29, 0.717) is 12.8 Å². The van der Waals surface area contributed by atoms with Crippen LogP contribution in [0.2, 0.25) is 0 Å². The Morgan fingerprint density at radius 1 is 1.32 bits per heavy atom. The molecule has 0 aliphatic carbocycles. The van der Waals surface area contributed by atoms with Gasteiger partial charge in [-0.15, -0.1) is 0 Å². The quantitative estimate of drug-likeness (QED) is 0.901. The molecule has 19 heavy (non-hydrogen) atoms. The Kier molecular flexibility index (Phi) is 4.16. The number of aliphatic hydroxyl groups excluding tert-OH is 1.